The monoisotopic (exact) mass is 246 g/mol. The van der Waals surface area contributed by atoms with Crippen molar-refractivity contribution in [3.63, 3.8) is 0 Å². The molecule has 1 aliphatic carbocycles. The summed E-state index contributed by atoms with van der Waals surface area (Å²) in [5.74, 6) is 0.480. The van der Waals surface area contributed by atoms with Gasteiger partial charge >= 0.3 is 0 Å². The lowest BCUT2D eigenvalue weighted by molar-refractivity contribution is -0.126. The molecular formula is C12H23ClN2O. The minimum Gasteiger partial charge on any atom is -0.351 e. The van der Waals surface area contributed by atoms with Gasteiger partial charge in [-0.05, 0) is 32.7 Å². The van der Waals surface area contributed by atoms with Gasteiger partial charge in [-0.15, -0.1) is 12.4 Å². The molecule has 1 heterocycles. The van der Waals surface area contributed by atoms with Crippen molar-refractivity contribution >= 4 is 18.3 Å². The Labute approximate surface area is 104 Å². The average Bonchev–Trinajstić information content (AvgIpc) is 2.70. The highest BCUT2D eigenvalue weighted by Crippen LogP contribution is 2.28. The van der Waals surface area contributed by atoms with Gasteiger partial charge in [-0.3, -0.25) is 4.79 Å². The lowest BCUT2D eigenvalue weighted by atomic mass is 9.83. The largest absolute Gasteiger partial charge is 0.351 e. The Hall–Kier alpha value is -0.280. The topological polar surface area (TPSA) is 41.1 Å². The smallest absolute Gasteiger partial charge is 0.224 e. The number of carbonyl (C=O) groups is 1. The fourth-order valence-corrected chi connectivity index (χ4v) is 2.74. The van der Waals surface area contributed by atoms with Gasteiger partial charge in [-0.25, -0.2) is 0 Å². The highest BCUT2D eigenvalue weighted by molar-refractivity contribution is 5.85. The van der Waals surface area contributed by atoms with Crippen LogP contribution in [0.5, 0.6) is 0 Å². The van der Waals surface area contributed by atoms with E-state index in [9.17, 15) is 4.79 Å². The molecule has 0 aromatic rings. The summed E-state index contributed by atoms with van der Waals surface area (Å²) in [6, 6.07) is 0. The zero-order valence-electron chi connectivity index (χ0n) is 10.1. The van der Waals surface area contributed by atoms with Crippen molar-refractivity contribution in [1.29, 1.82) is 0 Å². The second kappa shape index (κ2) is 5.87. The lowest BCUT2D eigenvalue weighted by Crippen LogP contribution is -2.49. The Morgan fingerprint density at radius 3 is 2.56 bits per heavy atom. The first-order valence-corrected chi connectivity index (χ1v) is 6.22. The molecule has 4 heteroatoms. The van der Waals surface area contributed by atoms with Gasteiger partial charge in [0, 0.05) is 12.1 Å². The zero-order chi connectivity index (χ0) is 10.7. The summed E-state index contributed by atoms with van der Waals surface area (Å²) in [7, 11) is 0. The molecule has 0 aromatic carbocycles. The number of carbonyl (C=O) groups excluding carboxylic acids is 1. The van der Waals surface area contributed by atoms with Crippen LogP contribution in [0.4, 0.5) is 0 Å². The van der Waals surface area contributed by atoms with E-state index < -0.39 is 0 Å². The first kappa shape index (κ1) is 13.8. The third-order valence-corrected chi connectivity index (χ3v) is 3.81. The Kier molecular flexibility index (Phi) is 5.06. The Morgan fingerprint density at radius 2 is 2.00 bits per heavy atom. The van der Waals surface area contributed by atoms with Gasteiger partial charge in [0.25, 0.3) is 0 Å². The van der Waals surface area contributed by atoms with E-state index in [1.165, 1.54) is 19.3 Å². The van der Waals surface area contributed by atoms with Gasteiger partial charge < -0.3 is 10.6 Å². The second-order valence-electron chi connectivity index (χ2n) is 5.30. The number of amides is 1. The molecule has 2 fully saturated rings. The number of halogens is 1. The lowest BCUT2D eigenvalue weighted by Gasteiger charge is -2.35. The van der Waals surface area contributed by atoms with Crippen molar-refractivity contribution in [2.45, 2.75) is 51.0 Å². The molecule has 16 heavy (non-hydrogen) atoms. The molecule has 2 aliphatic rings. The zero-order valence-corrected chi connectivity index (χ0v) is 10.9. The number of hydrogen-bond donors (Lipinski definition) is 2. The van der Waals surface area contributed by atoms with E-state index in [0.29, 0.717) is 0 Å². The van der Waals surface area contributed by atoms with E-state index in [-0.39, 0.29) is 29.8 Å². The van der Waals surface area contributed by atoms with Crippen LogP contribution in [0.15, 0.2) is 0 Å². The van der Waals surface area contributed by atoms with Crippen LogP contribution in [0.1, 0.15) is 45.4 Å². The molecule has 0 unspecified atom stereocenters. The summed E-state index contributed by atoms with van der Waals surface area (Å²) >= 11 is 0. The minimum atomic E-state index is 0. The molecular weight excluding hydrogens is 224 g/mol. The molecule has 0 aromatic heterocycles. The highest BCUT2D eigenvalue weighted by atomic mass is 35.5. The second-order valence-corrected chi connectivity index (χ2v) is 5.30. The van der Waals surface area contributed by atoms with Gasteiger partial charge in [-0.1, -0.05) is 19.3 Å². The van der Waals surface area contributed by atoms with Gasteiger partial charge in [-0.2, -0.15) is 0 Å². The van der Waals surface area contributed by atoms with Crippen LogP contribution >= 0.6 is 12.4 Å². The Balaban J connectivity index is 0.00000128. The molecule has 1 saturated heterocycles. The summed E-state index contributed by atoms with van der Waals surface area (Å²) in [6.07, 6.45) is 7.16. The summed E-state index contributed by atoms with van der Waals surface area (Å²) in [6.45, 7) is 4.06. The maximum atomic E-state index is 12.0. The standard InChI is InChI=1S/C12H22N2O.ClH/c1-12(6-3-2-4-7-12)14-11(15)10-5-8-13-9-10;/h10,13H,2-9H2,1H3,(H,14,15);1H/t10-;/m0./s1. The van der Waals surface area contributed by atoms with Crippen LogP contribution in [0, 0.1) is 5.92 Å². The number of rotatable bonds is 2. The van der Waals surface area contributed by atoms with E-state index in [1.54, 1.807) is 0 Å². The molecule has 0 bridgehead atoms. The summed E-state index contributed by atoms with van der Waals surface area (Å²) < 4.78 is 0. The molecule has 3 nitrogen and oxygen atoms in total. The van der Waals surface area contributed by atoms with Crippen LogP contribution in [0.2, 0.25) is 0 Å². The first-order valence-electron chi connectivity index (χ1n) is 6.22. The Morgan fingerprint density at radius 1 is 1.31 bits per heavy atom. The third kappa shape index (κ3) is 3.36. The Bertz CT molecular complexity index is 233. The quantitative estimate of drug-likeness (QED) is 0.781. The molecule has 0 radical (unpaired) electrons. The summed E-state index contributed by atoms with van der Waals surface area (Å²) in [5, 5.41) is 6.50. The van der Waals surface area contributed by atoms with Crippen molar-refractivity contribution in [2.75, 3.05) is 13.1 Å². The fraction of sp³-hybridized carbons (Fsp3) is 0.917. The first-order chi connectivity index (χ1) is 7.20. The highest BCUT2D eigenvalue weighted by Gasteiger charge is 2.31. The maximum absolute atomic E-state index is 12.0. The van der Waals surface area contributed by atoms with Gasteiger partial charge in [0.05, 0.1) is 5.92 Å². The fourth-order valence-electron chi connectivity index (χ4n) is 2.74. The van der Waals surface area contributed by atoms with Crippen LogP contribution in [-0.2, 0) is 4.79 Å². The molecule has 2 N–H and O–H groups in total. The van der Waals surface area contributed by atoms with Crippen LogP contribution in [0.3, 0.4) is 0 Å². The molecule has 1 atom stereocenters. The van der Waals surface area contributed by atoms with E-state index in [0.717, 1.165) is 32.4 Å². The van der Waals surface area contributed by atoms with Crippen molar-refractivity contribution in [3.05, 3.63) is 0 Å². The summed E-state index contributed by atoms with van der Waals surface area (Å²) in [4.78, 5) is 12.0. The number of nitrogens with one attached hydrogen (secondary N) is 2. The molecule has 1 amide bonds. The van der Waals surface area contributed by atoms with Crippen molar-refractivity contribution in [1.82, 2.24) is 10.6 Å². The molecule has 0 spiro atoms. The molecule has 1 saturated carbocycles. The predicted octanol–water partition coefficient (Wildman–Crippen LogP) is 1.86. The molecule has 2 rings (SSSR count). The normalized spacial score (nSPS) is 28.2. The van der Waals surface area contributed by atoms with Crippen molar-refractivity contribution < 1.29 is 4.79 Å². The third-order valence-electron chi connectivity index (χ3n) is 3.81. The van der Waals surface area contributed by atoms with Crippen LogP contribution in [0.25, 0.3) is 0 Å². The van der Waals surface area contributed by atoms with Gasteiger partial charge in [0.2, 0.25) is 5.91 Å². The van der Waals surface area contributed by atoms with Gasteiger partial charge in [0.1, 0.15) is 0 Å². The maximum Gasteiger partial charge on any atom is 0.224 e. The average molecular weight is 247 g/mol. The van der Waals surface area contributed by atoms with E-state index in [1.807, 2.05) is 0 Å². The minimum absolute atomic E-state index is 0. The van der Waals surface area contributed by atoms with E-state index >= 15 is 0 Å². The van der Waals surface area contributed by atoms with E-state index in [4.69, 9.17) is 0 Å². The molecule has 1 aliphatic heterocycles. The van der Waals surface area contributed by atoms with Gasteiger partial charge in [0.15, 0.2) is 0 Å². The number of hydrogen-bond acceptors (Lipinski definition) is 2. The van der Waals surface area contributed by atoms with E-state index in [2.05, 4.69) is 17.6 Å². The van der Waals surface area contributed by atoms with Crippen LogP contribution in [-0.4, -0.2) is 24.5 Å². The SMILES string of the molecule is CC1(NC(=O)[C@H]2CCNC2)CCCCC1.Cl. The van der Waals surface area contributed by atoms with Crippen molar-refractivity contribution in [2.24, 2.45) is 5.92 Å². The van der Waals surface area contributed by atoms with Crippen LogP contribution < -0.4 is 10.6 Å². The van der Waals surface area contributed by atoms with Crippen molar-refractivity contribution in [3.8, 4) is 0 Å². The molecule has 94 valence electrons. The predicted molar refractivity (Wildman–Crippen MR) is 67.9 cm³/mol. The summed E-state index contributed by atoms with van der Waals surface area (Å²) in [5.41, 5.74) is 0.0813.